The van der Waals surface area contributed by atoms with Crippen molar-refractivity contribution in [3.8, 4) is 0 Å². The Labute approximate surface area is 118 Å². The van der Waals surface area contributed by atoms with Gasteiger partial charge in [-0.05, 0) is 44.0 Å². The Kier molecular flexibility index (Phi) is 3.44. The maximum absolute atomic E-state index is 12.3. The second kappa shape index (κ2) is 5.25. The van der Waals surface area contributed by atoms with Crippen molar-refractivity contribution in [1.29, 1.82) is 0 Å². The molecule has 106 valence electrons. The number of carbonyl (C=O) groups excluding carboxylic acids is 2. The van der Waals surface area contributed by atoms with Crippen molar-refractivity contribution in [2.75, 3.05) is 11.9 Å². The largest absolute Gasteiger partial charge is 0.348 e. The molecular formula is C15H19N3O2. The van der Waals surface area contributed by atoms with Gasteiger partial charge >= 0.3 is 0 Å². The van der Waals surface area contributed by atoms with Crippen molar-refractivity contribution in [2.24, 2.45) is 0 Å². The summed E-state index contributed by atoms with van der Waals surface area (Å²) < 4.78 is 0. The number of hydrogen-bond acceptors (Lipinski definition) is 3. The van der Waals surface area contributed by atoms with Gasteiger partial charge in [0.15, 0.2) is 0 Å². The summed E-state index contributed by atoms with van der Waals surface area (Å²) in [6, 6.07) is 5.86. The van der Waals surface area contributed by atoms with Gasteiger partial charge in [-0.2, -0.15) is 0 Å². The number of hydrogen-bond donors (Lipinski definition) is 3. The van der Waals surface area contributed by atoms with Crippen LogP contribution in [0.25, 0.3) is 0 Å². The van der Waals surface area contributed by atoms with E-state index < -0.39 is 0 Å². The van der Waals surface area contributed by atoms with E-state index in [0.717, 1.165) is 30.6 Å². The van der Waals surface area contributed by atoms with Gasteiger partial charge in [0.2, 0.25) is 5.91 Å². The third-order valence-corrected chi connectivity index (χ3v) is 4.08. The molecule has 5 heteroatoms. The average molecular weight is 273 g/mol. The number of nitrogens with one attached hydrogen (secondary N) is 3. The zero-order chi connectivity index (χ0) is 14.1. The lowest BCUT2D eigenvalue weighted by atomic mass is 9.99. The Hall–Kier alpha value is -1.88. The first kappa shape index (κ1) is 13.1. The molecule has 2 heterocycles. The van der Waals surface area contributed by atoms with E-state index in [4.69, 9.17) is 0 Å². The van der Waals surface area contributed by atoms with E-state index in [-0.39, 0.29) is 17.9 Å². The van der Waals surface area contributed by atoms with Crippen LogP contribution in [0.4, 0.5) is 5.69 Å². The predicted octanol–water partition coefficient (Wildman–Crippen LogP) is 1.05. The molecule has 0 bridgehead atoms. The maximum Gasteiger partial charge on any atom is 0.251 e. The zero-order valence-electron chi connectivity index (χ0n) is 11.5. The van der Waals surface area contributed by atoms with Crippen molar-refractivity contribution < 1.29 is 9.59 Å². The Balaban J connectivity index is 1.71. The van der Waals surface area contributed by atoms with Crippen LogP contribution >= 0.6 is 0 Å². The van der Waals surface area contributed by atoms with Gasteiger partial charge in [0.1, 0.15) is 0 Å². The van der Waals surface area contributed by atoms with Gasteiger partial charge in [-0.15, -0.1) is 0 Å². The Morgan fingerprint density at radius 2 is 2.25 bits per heavy atom. The summed E-state index contributed by atoms with van der Waals surface area (Å²) in [5.74, 6) is -0.0860. The molecule has 0 spiro atoms. The number of benzene rings is 1. The third-order valence-electron chi connectivity index (χ3n) is 4.08. The minimum atomic E-state index is -0.0745. The van der Waals surface area contributed by atoms with Crippen molar-refractivity contribution in [3.63, 3.8) is 0 Å². The van der Waals surface area contributed by atoms with Gasteiger partial charge < -0.3 is 16.0 Å². The maximum atomic E-state index is 12.3. The molecule has 0 saturated carbocycles. The SMILES string of the molecule is CC1NCCCC1NC(=O)c1ccc2c(c1)NC(=O)C2. The number of anilines is 1. The van der Waals surface area contributed by atoms with Gasteiger partial charge in [-0.1, -0.05) is 6.07 Å². The van der Waals surface area contributed by atoms with Crippen LogP contribution in [0, 0.1) is 0 Å². The second-order valence-corrected chi connectivity index (χ2v) is 5.56. The number of fused-ring (bicyclic) bond motifs is 1. The molecular weight excluding hydrogens is 254 g/mol. The summed E-state index contributed by atoms with van der Waals surface area (Å²) in [5.41, 5.74) is 2.32. The molecule has 2 unspecified atom stereocenters. The summed E-state index contributed by atoms with van der Waals surface area (Å²) >= 11 is 0. The van der Waals surface area contributed by atoms with Gasteiger partial charge in [-0.3, -0.25) is 9.59 Å². The van der Waals surface area contributed by atoms with E-state index in [1.807, 2.05) is 6.07 Å². The number of carbonyl (C=O) groups is 2. The predicted molar refractivity (Wildman–Crippen MR) is 76.7 cm³/mol. The van der Waals surface area contributed by atoms with Crippen LogP contribution in [-0.2, 0) is 11.2 Å². The molecule has 20 heavy (non-hydrogen) atoms. The number of amides is 2. The highest BCUT2D eigenvalue weighted by molar-refractivity contribution is 6.02. The fraction of sp³-hybridized carbons (Fsp3) is 0.467. The highest BCUT2D eigenvalue weighted by Crippen LogP contribution is 2.24. The van der Waals surface area contributed by atoms with E-state index in [1.165, 1.54) is 0 Å². The highest BCUT2D eigenvalue weighted by Gasteiger charge is 2.24. The first-order valence-electron chi connectivity index (χ1n) is 7.10. The van der Waals surface area contributed by atoms with Crippen LogP contribution in [0.3, 0.4) is 0 Å². The molecule has 0 radical (unpaired) electrons. The monoisotopic (exact) mass is 273 g/mol. The Morgan fingerprint density at radius 1 is 1.40 bits per heavy atom. The molecule has 2 atom stereocenters. The molecule has 2 amide bonds. The molecule has 1 aromatic carbocycles. The molecule has 3 N–H and O–H groups in total. The van der Waals surface area contributed by atoms with E-state index in [0.29, 0.717) is 18.0 Å². The molecule has 1 fully saturated rings. The second-order valence-electron chi connectivity index (χ2n) is 5.56. The molecule has 5 nitrogen and oxygen atoms in total. The topological polar surface area (TPSA) is 70.2 Å². The minimum absolute atomic E-state index is 0.0114. The summed E-state index contributed by atoms with van der Waals surface area (Å²) in [5, 5.41) is 9.21. The normalized spacial score (nSPS) is 24.9. The molecule has 0 aliphatic carbocycles. The van der Waals surface area contributed by atoms with E-state index >= 15 is 0 Å². The standard InChI is InChI=1S/C15H19N3O2/c1-9-12(3-2-6-16-9)18-15(20)11-5-4-10-8-14(19)17-13(10)7-11/h4-5,7,9,12,16H,2-3,6,8H2,1H3,(H,17,19)(H,18,20). The summed E-state index contributed by atoms with van der Waals surface area (Å²) in [4.78, 5) is 23.6. The van der Waals surface area contributed by atoms with Crippen molar-refractivity contribution >= 4 is 17.5 Å². The van der Waals surface area contributed by atoms with Gasteiger partial charge in [0.05, 0.1) is 6.42 Å². The summed E-state index contributed by atoms with van der Waals surface area (Å²) in [6.45, 7) is 3.10. The van der Waals surface area contributed by atoms with E-state index in [9.17, 15) is 9.59 Å². The van der Waals surface area contributed by atoms with Crippen molar-refractivity contribution in [3.05, 3.63) is 29.3 Å². The van der Waals surface area contributed by atoms with Crippen molar-refractivity contribution in [1.82, 2.24) is 10.6 Å². The molecule has 2 aliphatic heterocycles. The van der Waals surface area contributed by atoms with Crippen LogP contribution in [0.5, 0.6) is 0 Å². The quantitative estimate of drug-likeness (QED) is 0.754. The van der Waals surface area contributed by atoms with Crippen LogP contribution in [0.2, 0.25) is 0 Å². The lowest BCUT2D eigenvalue weighted by molar-refractivity contribution is -0.115. The fourth-order valence-electron chi connectivity index (χ4n) is 2.85. The molecule has 2 aliphatic rings. The first-order chi connectivity index (χ1) is 9.63. The Bertz CT molecular complexity index is 556. The van der Waals surface area contributed by atoms with Crippen LogP contribution in [0.15, 0.2) is 18.2 Å². The smallest absolute Gasteiger partial charge is 0.251 e. The number of piperidine rings is 1. The van der Waals surface area contributed by atoms with Gasteiger partial charge in [-0.25, -0.2) is 0 Å². The van der Waals surface area contributed by atoms with E-state index in [1.54, 1.807) is 12.1 Å². The average Bonchev–Trinajstić information content (AvgIpc) is 2.80. The van der Waals surface area contributed by atoms with Crippen LogP contribution < -0.4 is 16.0 Å². The lowest BCUT2D eigenvalue weighted by Gasteiger charge is -2.30. The molecule has 0 aromatic heterocycles. The molecule has 3 rings (SSSR count). The fourth-order valence-corrected chi connectivity index (χ4v) is 2.85. The first-order valence-corrected chi connectivity index (χ1v) is 7.10. The molecule has 1 aromatic rings. The van der Waals surface area contributed by atoms with Crippen molar-refractivity contribution in [2.45, 2.75) is 38.3 Å². The number of rotatable bonds is 2. The third kappa shape index (κ3) is 2.54. The lowest BCUT2D eigenvalue weighted by Crippen LogP contribution is -2.51. The van der Waals surface area contributed by atoms with Crippen LogP contribution in [-0.4, -0.2) is 30.4 Å². The highest BCUT2D eigenvalue weighted by atomic mass is 16.2. The van der Waals surface area contributed by atoms with E-state index in [2.05, 4.69) is 22.9 Å². The van der Waals surface area contributed by atoms with Gasteiger partial charge in [0.25, 0.3) is 5.91 Å². The Morgan fingerprint density at radius 3 is 3.05 bits per heavy atom. The summed E-state index contributed by atoms with van der Waals surface area (Å²) in [6.07, 6.45) is 2.48. The zero-order valence-corrected chi connectivity index (χ0v) is 11.5. The molecule has 1 saturated heterocycles. The minimum Gasteiger partial charge on any atom is -0.348 e. The van der Waals surface area contributed by atoms with Gasteiger partial charge in [0, 0.05) is 23.3 Å². The van der Waals surface area contributed by atoms with Crippen LogP contribution in [0.1, 0.15) is 35.7 Å². The summed E-state index contributed by atoms with van der Waals surface area (Å²) in [7, 11) is 0.